The molecule has 3 N–H and O–H groups in total. The number of rotatable bonds is 7. The standard InChI is InChI=1S/C20H25N3O2/c1-3-4-8-16-11-13-18(14-12-16)22-19(24)15(2)21-20(25)23-17-9-6-5-7-10-17/h5-7,9-15H,3-4,8H2,1-2H3,(H,22,24)(H2,21,23,25). The van der Waals surface area contributed by atoms with Gasteiger partial charge in [-0.15, -0.1) is 0 Å². The zero-order valence-electron chi connectivity index (χ0n) is 14.7. The van der Waals surface area contributed by atoms with Crippen LogP contribution in [0.1, 0.15) is 32.3 Å². The molecule has 0 heterocycles. The lowest BCUT2D eigenvalue weighted by Crippen LogP contribution is -2.43. The third-order valence-electron chi connectivity index (χ3n) is 3.81. The second-order valence-electron chi connectivity index (χ2n) is 5.98. The molecule has 0 spiro atoms. The molecule has 0 saturated heterocycles. The number of hydrogen-bond donors (Lipinski definition) is 3. The molecular formula is C20H25N3O2. The number of carbonyl (C=O) groups excluding carboxylic acids is 2. The number of urea groups is 1. The van der Waals surface area contributed by atoms with E-state index in [1.165, 1.54) is 5.56 Å². The molecule has 0 saturated carbocycles. The largest absolute Gasteiger partial charge is 0.326 e. The first-order valence-corrected chi connectivity index (χ1v) is 8.61. The summed E-state index contributed by atoms with van der Waals surface area (Å²) in [7, 11) is 0. The van der Waals surface area contributed by atoms with Gasteiger partial charge in [-0.05, 0) is 49.6 Å². The van der Waals surface area contributed by atoms with Crippen molar-refractivity contribution in [1.82, 2.24) is 5.32 Å². The van der Waals surface area contributed by atoms with Crippen molar-refractivity contribution in [2.24, 2.45) is 0 Å². The van der Waals surface area contributed by atoms with Crippen molar-refractivity contribution < 1.29 is 9.59 Å². The number of aryl methyl sites for hydroxylation is 1. The zero-order valence-corrected chi connectivity index (χ0v) is 14.7. The molecule has 1 atom stereocenters. The van der Waals surface area contributed by atoms with Crippen LogP contribution in [0.3, 0.4) is 0 Å². The Morgan fingerprint density at radius 2 is 1.56 bits per heavy atom. The molecule has 2 rings (SSSR count). The zero-order chi connectivity index (χ0) is 18.1. The molecule has 0 aliphatic heterocycles. The highest BCUT2D eigenvalue weighted by Gasteiger charge is 2.15. The number of anilines is 2. The third-order valence-corrected chi connectivity index (χ3v) is 3.81. The summed E-state index contributed by atoms with van der Waals surface area (Å²) in [4.78, 5) is 24.1. The van der Waals surface area contributed by atoms with Gasteiger partial charge in [-0.1, -0.05) is 43.7 Å². The van der Waals surface area contributed by atoms with Gasteiger partial charge in [-0.2, -0.15) is 0 Å². The second-order valence-corrected chi connectivity index (χ2v) is 5.98. The fraction of sp³-hybridized carbons (Fsp3) is 0.300. The van der Waals surface area contributed by atoms with Gasteiger partial charge in [0.15, 0.2) is 0 Å². The van der Waals surface area contributed by atoms with Gasteiger partial charge in [0.1, 0.15) is 6.04 Å². The second kappa shape index (κ2) is 9.47. The summed E-state index contributed by atoms with van der Waals surface area (Å²) in [6.45, 7) is 3.81. The number of nitrogens with one attached hydrogen (secondary N) is 3. The molecule has 3 amide bonds. The van der Waals surface area contributed by atoms with E-state index in [9.17, 15) is 9.59 Å². The van der Waals surface area contributed by atoms with Crippen LogP contribution < -0.4 is 16.0 Å². The molecule has 0 aliphatic rings. The van der Waals surface area contributed by atoms with Crippen molar-refractivity contribution >= 4 is 23.3 Å². The van der Waals surface area contributed by atoms with Crippen LogP contribution in [-0.2, 0) is 11.2 Å². The van der Waals surface area contributed by atoms with Crippen molar-refractivity contribution in [2.75, 3.05) is 10.6 Å². The van der Waals surface area contributed by atoms with E-state index in [-0.39, 0.29) is 5.91 Å². The summed E-state index contributed by atoms with van der Waals surface area (Å²) >= 11 is 0. The fourth-order valence-electron chi connectivity index (χ4n) is 2.34. The van der Waals surface area contributed by atoms with Crippen LogP contribution in [0.4, 0.5) is 16.2 Å². The topological polar surface area (TPSA) is 70.2 Å². The number of para-hydroxylation sites is 1. The normalized spacial score (nSPS) is 11.4. The van der Waals surface area contributed by atoms with Crippen LogP contribution >= 0.6 is 0 Å². The predicted molar refractivity (Wildman–Crippen MR) is 102 cm³/mol. The molecule has 0 bridgehead atoms. The van der Waals surface area contributed by atoms with Crippen molar-refractivity contribution in [3.63, 3.8) is 0 Å². The first-order valence-electron chi connectivity index (χ1n) is 8.61. The highest BCUT2D eigenvalue weighted by atomic mass is 16.2. The Bertz CT molecular complexity index is 684. The van der Waals surface area contributed by atoms with E-state index in [0.29, 0.717) is 5.69 Å². The summed E-state index contributed by atoms with van der Waals surface area (Å²) in [5.41, 5.74) is 2.66. The van der Waals surface area contributed by atoms with Gasteiger partial charge < -0.3 is 16.0 Å². The van der Waals surface area contributed by atoms with Crippen molar-refractivity contribution in [3.8, 4) is 0 Å². The number of benzene rings is 2. The monoisotopic (exact) mass is 339 g/mol. The molecule has 0 radical (unpaired) electrons. The Morgan fingerprint density at radius 1 is 0.920 bits per heavy atom. The highest BCUT2D eigenvalue weighted by Crippen LogP contribution is 2.12. The lowest BCUT2D eigenvalue weighted by Gasteiger charge is -2.15. The molecule has 2 aromatic carbocycles. The molecule has 2 aromatic rings. The van der Waals surface area contributed by atoms with Crippen LogP contribution in [0.25, 0.3) is 0 Å². The van der Waals surface area contributed by atoms with Crippen LogP contribution in [-0.4, -0.2) is 18.0 Å². The van der Waals surface area contributed by atoms with E-state index in [4.69, 9.17) is 0 Å². The summed E-state index contributed by atoms with van der Waals surface area (Å²) in [6.07, 6.45) is 3.36. The Hall–Kier alpha value is -2.82. The lowest BCUT2D eigenvalue weighted by molar-refractivity contribution is -0.117. The highest BCUT2D eigenvalue weighted by molar-refractivity contribution is 5.98. The Morgan fingerprint density at radius 3 is 2.20 bits per heavy atom. The maximum absolute atomic E-state index is 12.2. The van der Waals surface area contributed by atoms with Gasteiger partial charge in [0.05, 0.1) is 0 Å². The quantitative estimate of drug-likeness (QED) is 0.708. The molecule has 132 valence electrons. The summed E-state index contributed by atoms with van der Waals surface area (Å²) < 4.78 is 0. The van der Waals surface area contributed by atoms with E-state index in [1.54, 1.807) is 19.1 Å². The minimum atomic E-state index is -0.650. The molecule has 0 aliphatic carbocycles. The van der Waals surface area contributed by atoms with Crippen molar-refractivity contribution in [1.29, 1.82) is 0 Å². The van der Waals surface area contributed by atoms with E-state index in [2.05, 4.69) is 22.9 Å². The van der Waals surface area contributed by atoms with E-state index >= 15 is 0 Å². The van der Waals surface area contributed by atoms with Crippen molar-refractivity contribution in [2.45, 2.75) is 39.2 Å². The van der Waals surface area contributed by atoms with Crippen LogP contribution in [0.15, 0.2) is 54.6 Å². The van der Waals surface area contributed by atoms with Crippen molar-refractivity contribution in [3.05, 3.63) is 60.2 Å². The minimum Gasteiger partial charge on any atom is -0.326 e. The van der Waals surface area contributed by atoms with Gasteiger partial charge in [-0.3, -0.25) is 4.79 Å². The van der Waals surface area contributed by atoms with Gasteiger partial charge in [0.25, 0.3) is 0 Å². The first kappa shape index (κ1) is 18.5. The predicted octanol–water partition coefficient (Wildman–Crippen LogP) is 4.18. The fourth-order valence-corrected chi connectivity index (χ4v) is 2.34. The van der Waals surface area contributed by atoms with Gasteiger partial charge in [0.2, 0.25) is 5.91 Å². The molecule has 0 fully saturated rings. The smallest absolute Gasteiger partial charge is 0.319 e. The van der Waals surface area contributed by atoms with E-state index < -0.39 is 12.1 Å². The van der Waals surface area contributed by atoms with Crippen LogP contribution in [0.5, 0.6) is 0 Å². The maximum atomic E-state index is 12.2. The Balaban J connectivity index is 1.82. The summed E-state index contributed by atoms with van der Waals surface area (Å²) in [6, 6.07) is 15.8. The molecule has 25 heavy (non-hydrogen) atoms. The molecule has 5 nitrogen and oxygen atoms in total. The number of hydrogen-bond acceptors (Lipinski definition) is 2. The maximum Gasteiger partial charge on any atom is 0.319 e. The average Bonchev–Trinajstić information content (AvgIpc) is 2.61. The average molecular weight is 339 g/mol. The first-order chi connectivity index (χ1) is 12.1. The Kier molecular flexibility index (Phi) is 7.01. The Labute approximate surface area is 148 Å². The van der Waals surface area contributed by atoms with Gasteiger partial charge >= 0.3 is 6.03 Å². The third kappa shape index (κ3) is 6.30. The van der Waals surface area contributed by atoms with E-state index in [1.807, 2.05) is 42.5 Å². The summed E-state index contributed by atoms with van der Waals surface area (Å²) in [5.74, 6) is -0.260. The molecule has 1 unspecified atom stereocenters. The molecule has 5 heteroatoms. The number of carbonyl (C=O) groups is 2. The van der Waals surface area contributed by atoms with E-state index in [0.717, 1.165) is 24.9 Å². The minimum absolute atomic E-state index is 0.260. The SMILES string of the molecule is CCCCc1ccc(NC(=O)C(C)NC(=O)Nc2ccccc2)cc1. The van der Waals surface area contributed by atoms with Gasteiger partial charge in [-0.25, -0.2) is 4.79 Å². The number of amides is 3. The lowest BCUT2D eigenvalue weighted by atomic mass is 10.1. The number of unbranched alkanes of at least 4 members (excludes halogenated alkanes) is 1. The van der Waals surface area contributed by atoms with Crippen LogP contribution in [0, 0.1) is 0 Å². The summed E-state index contributed by atoms with van der Waals surface area (Å²) in [5, 5.41) is 8.13. The van der Waals surface area contributed by atoms with Crippen LogP contribution in [0.2, 0.25) is 0 Å². The molecule has 0 aromatic heterocycles. The molecular weight excluding hydrogens is 314 g/mol. The van der Waals surface area contributed by atoms with Gasteiger partial charge in [0, 0.05) is 11.4 Å².